The van der Waals surface area contributed by atoms with Crippen molar-refractivity contribution in [2.45, 2.75) is 13.0 Å². The Kier molecular flexibility index (Phi) is 2.62. The number of benzene rings is 1. The molecule has 1 aliphatic rings. The number of ether oxygens (including phenoxy) is 1. The van der Waals surface area contributed by atoms with Crippen LogP contribution in [0.1, 0.15) is 32.7 Å². The topological polar surface area (TPSA) is 83.8 Å². The molecule has 0 radical (unpaired) electrons. The number of aliphatic hydroxyl groups excluding tert-OH is 1. The lowest BCUT2D eigenvalue weighted by atomic mass is 10.0. The Labute approximate surface area is 91.3 Å². The molecule has 5 heteroatoms. The number of aromatic hydroxyl groups is 1. The minimum Gasteiger partial charge on any atom is -0.507 e. The number of aliphatic hydroxyl groups is 1. The third-order valence-electron chi connectivity index (χ3n) is 2.44. The van der Waals surface area contributed by atoms with E-state index in [9.17, 15) is 14.7 Å². The average Bonchev–Trinajstić information content (AvgIpc) is 2.59. The number of hydrogen-bond donors (Lipinski definition) is 2. The molecule has 0 saturated carbocycles. The van der Waals surface area contributed by atoms with Crippen molar-refractivity contribution in [3.63, 3.8) is 0 Å². The number of hydrogen-bond acceptors (Lipinski definition) is 5. The van der Waals surface area contributed by atoms with E-state index in [2.05, 4.69) is 0 Å². The molecule has 0 bridgehead atoms. The number of fused-ring (bicyclic) bond motifs is 1. The summed E-state index contributed by atoms with van der Waals surface area (Å²) >= 11 is 0. The second-order valence-corrected chi connectivity index (χ2v) is 3.50. The molecule has 1 aliphatic heterocycles. The molecule has 1 aromatic carbocycles. The van der Waals surface area contributed by atoms with Crippen LogP contribution >= 0.6 is 0 Å². The Balaban J connectivity index is 2.44. The Morgan fingerprint density at radius 2 is 2.19 bits per heavy atom. The fourth-order valence-electron chi connectivity index (χ4n) is 1.62. The maximum Gasteiger partial charge on any atom is 0.338 e. The second-order valence-electron chi connectivity index (χ2n) is 3.50. The predicted octanol–water partition coefficient (Wildman–Crippen LogP) is 0.628. The highest BCUT2D eigenvalue weighted by Gasteiger charge is 2.24. The predicted molar refractivity (Wildman–Crippen MR) is 53.3 cm³/mol. The minimum absolute atomic E-state index is 0.0478. The monoisotopic (exact) mass is 222 g/mol. The van der Waals surface area contributed by atoms with Gasteiger partial charge in [-0.1, -0.05) is 0 Å². The number of carbonyl (C=O) groups is 2. The van der Waals surface area contributed by atoms with Crippen molar-refractivity contribution in [2.75, 3.05) is 6.61 Å². The zero-order valence-corrected chi connectivity index (χ0v) is 8.40. The first kappa shape index (κ1) is 10.6. The molecule has 0 atom stereocenters. The molecule has 0 amide bonds. The highest BCUT2D eigenvalue weighted by Crippen LogP contribution is 2.28. The van der Waals surface area contributed by atoms with Gasteiger partial charge in [-0.15, -0.1) is 0 Å². The van der Waals surface area contributed by atoms with Crippen molar-refractivity contribution >= 4 is 11.8 Å². The summed E-state index contributed by atoms with van der Waals surface area (Å²) in [4.78, 5) is 22.7. The van der Waals surface area contributed by atoms with Crippen molar-refractivity contribution in [1.29, 1.82) is 0 Å². The molecule has 0 unspecified atom stereocenters. The van der Waals surface area contributed by atoms with Gasteiger partial charge < -0.3 is 14.9 Å². The van der Waals surface area contributed by atoms with Crippen LogP contribution in [-0.2, 0) is 11.3 Å². The van der Waals surface area contributed by atoms with Crippen LogP contribution in [0.3, 0.4) is 0 Å². The van der Waals surface area contributed by atoms with Crippen LogP contribution in [0, 0.1) is 0 Å². The minimum atomic E-state index is -0.493. The maximum atomic E-state index is 11.5. The summed E-state index contributed by atoms with van der Waals surface area (Å²) in [5.41, 5.74) is 0.925. The van der Waals surface area contributed by atoms with E-state index in [1.165, 1.54) is 12.1 Å². The molecule has 1 aromatic rings. The third-order valence-corrected chi connectivity index (χ3v) is 2.44. The SMILES string of the molecule is O=C(CCO)c1cc2c(cc1O)COC2=O. The van der Waals surface area contributed by atoms with Crippen molar-refractivity contribution < 1.29 is 24.5 Å². The molecule has 0 fully saturated rings. The standard InChI is InChI=1S/C11H10O5/c12-2-1-9(13)8-4-7-6(3-10(8)14)5-16-11(7)15/h3-4,12,14H,1-2,5H2. The van der Waals surface area contributed by atoms with Crippen molar-refractivity contribution in [1.82, 2.24) is 0 Å². The van der Waals surface area contributed by atoms with E-state index in [0.717, 1.165) is 0 Å². The number of cyclic esters (lactones) is 1. The third kappa shape index (κ3) is 1.65. The fourth-order valence-corrected chi connectivity index (χ4v) is 1.62. The van der Waals surface area contributed by atoms with E-state index in [-0.39, 0.29) is 30.9 Å². The molecule has 0 spiro atoms. The van der Waals surface area contributed by atoms with Gasteiger partial charge in [0, 0.05) is 12.0 Å². The first-order chi connectivity index (χ1) is 7.63. The number of ketones is 1. The zero-order chi connectivity index (χ0) is 11.7. The van der Waals surface area contributed by atoms with Gasteiger partial charge in [0.25, 0.3) is 0 Å². The number of phenolic OH excluding ortho intramolecular Hbond substituents is 1. The van der Waals surface area contributed by atoms with Gasteiger partial charge in [-0.2, -0.15) is 0 Å². The summed E-state index contributed by atoms with van der Waals surface area (Å²) in [6, 6.07) is 2.67. The second kappa shape index (κ2) is 3.94. The normalized spacial score (nSPS) is 13.4. The average molecular weight is 222 g/mol. The van der Waals surface area contributed by atoms with Gasteiger partial charge in [0.2, 0.25) is 0 Å². The molecule has 16 heavy (non-hydrogen) atoms. The highest BCUT2D eigenvalue weighted by molar-refractivity contribution is 6.02. The molecule has 0 aliphatic carbocycles. The van der Waals surface area contributed by atoms with E-state index in [1.54, 1.807) is 0 Å². The smallest absolute Gasteiger partial charge is 0.338 e. The lowest BCUT2D eigenvalue weighted by Crippen LogP contribution is -2.04. The number of Topliss-reactive ketones (excluding diaryl/α,β-unsaturated/α-hetero) is 1. The summed E-state index contributed by atoms with van der Waals surface area (Å²) in [5.74, 6) is -1.08. The number of carbonyl (C=O) groups excluding carboxylic acids is 2. The molecule has 0 aromatic heterocycles. The largest absolute Gasteiger partial charge is 0.507 e. The van der Waals surface area contributed by atoms with E-state index in [1.807, 2.05) is 0 Å². The summed E-state index contributed by atoms with van der Waals surface area (Å²) in [5, 5.41) is 18.2. The van der Waals surface area contributed by atoms with Crippen LogP contribution in [-0.4, -0.2) is 28.6 Å². The number of rotatable bonds is 3. The van der Waals surface area contributed by atoms with Gasteiger partial charge >= 0.3 is 5.97 Å². The van der Waals surface area contributed by atoms with Crippen LogP contribution in [0.15, 0.2) is 12.1 Å². The highest BCUT2D eigenvalue weighted by atomic mass is 16.5. The van der Waals surface area contributed by atoms with Gasteiger partial charge in [-0.3, -0.25) is 4.79 Å². The first-order valence-electron chi connectivity index (χ1n) is 4.80. The Bertz CT molecular complexity index is 464. The van der Waals surface area contributed by atoms with Crippen molar-refractivity contribution in [3.05, 3.63) is 28.8 Å². The molecule has 0 saturated heterocycles. The van der Waals surface area contributed by atoms with Crippen LogP contribution in [0.4, 0.5) is 0 Å². The fraction of sp³-hybridized carbons (Fsp3) is 0.273. The maximum absolute atomic E-state index is 11.5. The molecule has 84 valence electrons. The van der Waals surface area contributed by atoms with Gasteiger partial charge in [0.05, 0.1) is 17.7 Å². The van der Waals surface area contributed by atoms with Crippen molar-refractivity contribution in [3.8, 4) is 5.75 Å². The van der Waals surface area contributed by atoms with E-state index in [4.69, 9.17) is 9.84 Å². The van der Waals surface area contributed by atoms with E-state index >= 15 is 0 Å². The summed E-state index contributed by atoms with van der Waals surface area (Å²) in [6.45, 7) is -0.171. The summed E-state index contributed by atoms with van der Waals surface area (Å²) < 4.78 is 4.76. The molecule has 1 heterocycles. The van der Waals surface area contributed by atoms with Gasteiger partial charge in [0.1, 0.15) is 12.4 Å². The lowest BCUT2D eigenvalue weighted by molar-refractivity contribution is 0.0535. The van der Waals surface area contributed by atoms with Crippen LogP contribution in [0.25, 0.3) is 0 Å². The number of esters is 1. The van der Waals surface area contributed by atoms with E-state index in [0.29, 0.717) is 11.1 Å². The van der Waals surface area contributed by atoms with E-state index < -0.39 is 11.8 Å². The molecule has 5 nitrogen and oxygen atoms in total. The molecule has 2 N–H and O–H groups in total. The summed E-state index contributed by atoms with van der Waals surface area (Å²) in [6.07, 6.45) is -0.0820. The lowest BCUT2D eigenvalue weighted by Gasteiger charge is -2.04. The van der Waals surface area contributed by atoms with Gasteiger partial charge in [-0.05, 0) is 12.1 Å². The Morgan fingerprint density at radius 3 is 2.88 bits per heavy atom. The molecule has 2 rings (SSSR count). The molecular formula is C11H10O5. The van der Waals surface area contributed by atoms with Crippen LogP contribution in [0.2, 0.25) is 0 Å². The summed E-state index contributed by atoms with van der Waals surface area (Å²) in [7, 11) is 0. The Morgan fingerprint density at radius 1 is 1.44 bits per heavy atom. The first-order valence-corrected chi connectivity index (χ1v) is 4.80. The van der Waals surface area contributed by atoms with Crippen molar-refractivity contribution in [2.24, 2.45) is 0 Å². The zero-order valence-electron chi connectivity index (χ0n) is 8.40. The Hall–Kier alpha value is -1.88. The van der Waals surface area contributed by atoms with Crippen LogP contribution in [0.5, 0.6) is 5.75 Å². The quantitative estimate of drug-likeness (QED) is 0.578. The van der Waals surface area contributed by atoms with Gasteiger partial charge in [0.15, 0.2) is 5.78 Å². The van der Waals surface area contributed by atoms with Gasteiger partial charge in [-0.25, -0.2) is 4.79 Å². The number of phenols is 1. The van der Waals surface area contributed by atoms with Crippen LogP contribution < -0.4 is 0 Å². The molecular weight excluding hydrogens is 212 g/mol.